The Labute approximate surface area is 152 Å². The Hall–Kier alpha value is -3.43. The topological polar surface area (TPSA) is 85.8 Å². The number of nitrogens with one attached hydrogen (secondary N) is 1. The number of alkyl halides is 2. The molecule has 8 nitrogen and oxygen atoms in total. The third-order valence-electron chi connectivity index (χ3n) is 3.96. The van der Waals surface area contributed by atoms with Gasteiger partial charge in [0.15, 0.2) is 5.65 Å². The Kier molecular flexibility index (Phi) is 4.02. The average molecular weight is 370 g/mol. The summed E-state index contributed by atoms with van der Waals surface area (Å²) in [5, 5.41) is 15.0. The van der Waals surface area contributed by atoms with Gasteiger partial charge in [0, 0.05) is 31.1 Å². The summed E-state index contributed by atoms with van der Waals surface area (Å²) in [4.78, 5) is 8.70. The second kappa shape index (κ2) is 6.38. The monoisotopic (exact) mass is 370 g/mol. The summed E-state index contributed by atoms with van der Waals surface area (Å²) in [6.45, 7) is 0.861. The fraction of sp³-hybridized carbons (Fsp3) is 0.235. The molecule has 4 rings (SSSR count). The van der Waals surface area contributed by atoms with Gasteiger partial charge in [-0.15, -0.1) is 10.2 Å². The molecule has 0 aliphatic rings. The van der Waals surface area contributed by atoms with Crippen LogP contribution in [0.2, 0.25) is 0 Å². The van der Waals surface area contributed by atoms with E-state index >= 15 is 0 Å². The van der Waals surface area contributed by atoms with E-state index in [4.69, 9.17) is 0 Å². The van der Waals surface area contributed by atoms with Crippen LogP contribution in [-0.4, -0.2) is 40.3 Å². The molecule has 0 aliphatic heterocycles. The normalized spacial score (nSPS) is 11.9. The number of pyridine rings is 1. The molecule has 0 spiro atoms. The molecule has 0 aliphatic carbocycles. The molecule has 1 N–H and O–H groups in total. The second-order valence-electron chi connectivity index (χ2n) is 6.24. The van der Waals surface area contributed by atoms with E-state index < -0.39 is 12.3 Å². The Bertz CT molecular complexity index is 1100. The molecule has 138 valence electrons. The first-order valence-electron chi connectivity index (χ1n) is 8.19. The van der Waals surface area contributed by atoms with Crippen molar-refractivity contribution in [3.63, 3.8) is 0 Å². The smallest absolute Gasteiger partial charge is 0.252 e. The summed E-state index contributed by atoms with van der Waals surface area (Å²) >= 11 is 0. The molecule has 0 radical (unpaired) electrons. The van der Waals surface area contributed by atoms with Crippen LogP contribution >= 0.6 is 0 Å². The van der Waals surface area contributed by atoms with Crippen LogP contribution in [0.4, 0.5) is 20.5 Å². The number of halogens is 2. The Balaban J connectivity index is 1.64. The molecule has 0 saturated carbocycles. The van der Waals surface area contributed by atoms with Crippen molar-refractivity contribution < 1.29 is 8.78 Å². The predicted octanol–water partition coefficient (Wildman–Crippen LogP) is 2.86. The molecule has 10 heteroatoms. The highest BCUT2D eigenvalue weighted by atomic mass is 19.3. The molecular formula is C17H16F2N8. The summed E-state index contributed by atoms with van der Waals surface area (Å²) in [5.74, 6) is -1.46. The van der Waals surface area contributed by atoms with Gasteiger partial charge in [0.2, 0.25) is 5.95 Å². The van der Waals surface area contributed by atoms with Gasteiger partial charge in [-0.05, 0) is 25.1 Å². The zero-order chi connectivity index (χ0) is 19.0. The van der Waals surface area contributed by atoms with Crippen molar-refractivity contribution in [2.75, 3.05) is 5.32 Å². The van der Waals surface area contributed by atoms with Gasteiger partial charge in [-0.1, -0.05) is 0 Å². The zero-order valence-electron chi connectivity index (χ0n) is 14.6. The maximum atomic E-state index is 13.3. The van der Waals surface area contributed by atoms with Crippen LogP contribution in [0.3, 0.4) is 0 Å². The van der Waals surface area contributed by atoms with Gasteiger partial charge in [-0.3, -0.25) is 9.08 Å². The first kappa shape index (κ1) is 17.0. The van der Waals surface area contributed by atoms with E-state index in [9.17, 15) is 8.78 Å². The highest BCUT2D eigenvalue weighted by molar-refractivity contribution is 5.65. The third kappa shape index (κ3) is 3.59. The molecule has 0 saturated heterocycles. The molecule has 4 aromatic rings. The largest absolute Gasteiger partial charge is 0.309 e. The summed E-state index contributed by atoms with van der Waals surface area (Å²) in [6, 6.07) is 7.10. The lowest BCUT2D eigenvalue weighted by molar-refractivity contribution is 0.0203. The first-order chi connectivity index (χ1) is 12.9. The number of nitrogens with zero attached hydrogens (tertiary/aromatic N) is 7. The molecule has 27 heavy (non-hydrogen) atoms. The van der Waals surface area contributed by atoms with Crippen LogP contribution in [0.5, 0.6) is 0 Å². The van der Waals surface area contributed by atoms with Gasteiger partial charge in [0.25, 0.3) is 5.92 Å². The maximum Gasteiger partial charge on any atom is 0.252 e. The molecule has 0 aromatic carbocycles. The quantitative estimate of drug-likeness (QED) is 0.581. The van der Waals surface area contributed by atoms with Gasteiger partial charge >= 0.3 is 0 Å². The number of aryl methyl sites for hydroxylation is 1. The van der Waals surface area contributed by atoms with Crippen LogP contribution in [0.15, 0.2) is 42.9 Å². The minimum absolute atomic E-state index is 0.213. The lowest BCUT2D eigenvalue weighted by Crippen LogP contribution is -2.15. The molecule has 4 heterocycles. The summed E-state index contributed by atoms with van der Waals surface area (Å²) in [6.07, 6.45) is 4.50. The number of fused-ring (bicyclic) bond motifs is 1. The number of hydrogen-bond donors (Lipinski definition) is 1. The number of aromatic nitrogens is 7. The second-order valence-corrected chi connectivity index (χ2v) is 6.24. The van der Waals surface area contributed by atoms with Gasteiger partial charge in [-0.2, -0.15) is 5.10 Å². The molecular weight excluding hydrogens is 354 g/mol. The Morgan fingerprint density at radius 3 is 2.74 bits per heavy atom. The van der Waals surface area contributed by atoms with Crippen LogP contribution in [0, 0.1) is 0 Å². The van der Waals surface area contributed by atoms with Gasteiger partial charge in [-0.25, -0.2) is 18.7 Å². The number of hydrogen-bond acceptors (Lipinski definition) is 6. The van der Waals surface area contributed by atoms with E-state index in [2.05, 4.69) is 30.6 Å². The zero-order valence-corrected chi connectivity index (χ0v) is 14.6. The van der Waals surface area contributed by atoms with E-state index in [1.54, 1.807) is 45.9 Å². The van der Waals surface area contributed by atoms with Crippen molar-refractivity contribution in [3.05, 3.63) is 48.7 Å². The summed E-state index contributed by atoms with van der Waals surface area (Å²) in [7, 11) is 1.81. The van der Waals surface area contributed by atoms with Crippen molar-refractivity contribution >= 4 is 17.4 Å². The lowest BCUT2D eigenvalue weighted by Gasteiger charge is -2.09. The van der Waals surface area contributed by atoms with E-state index in [0.717, 1.165) is 18.3 Å². The molecule has 0 bridgehead atoms. The minimum atomic E-state index is -2.85. The molecule has 0 amide bonds. The van der Waals surface area contributed by atoms with Crippen molar-refractivity contribution in [3.8, 4) is 11.3 Å². The van der Waals surface area contributed by atoms with Crippen LogP contribution in [-0.2, 0) is 13.5 Å². The highest BCUT2D eigenvalue weighted by Gasteiger charge is 2.25. The Morgan fingerprint density at radius 2 is 2.00 bits per heavy atom. The van der Waals surface area contributed by atoms with E-state index in [1.165, 1.54) is 0 Å². The van der Waals surface area contributed by atoms with Crippen molar-refractivity contribution in [1.82, 2.24) is 34.3 Å². The Morgan fingerprint density at radius 1 is 1.15 bits per heavy atom. The number of rotatable bonds is 5. The predicted molar refractivity (Wildman–Crippen MR) is 94.8 cm³/mol. The van der Waals surface area contributed by atoms with Crippen LogP contribution in [0.25, 0.3) is 16.9 Å². The van der Waals surface area contributed by atoms with Crippen molar-refractivity contribution in [1.29, 1.82) is 0 Å². The maximum absolute atomic E-state index is 13.3. The van der Waals surface area contributed by atoms with Crippen LogP contribution < -0.4 is 5.32 Å². The molecule has 0 atom stereocenters. The van der Waals surface area contributed by atoms with E-state index in [0.29, 0.717) is 17.3 Å². The van der Waals surface area contributed by atoms with Gasteiger partial charge in [0.05, 0.1) is 18.3 Å². The minimum Gasteiger partial charge on any atom is -0.309 e. The fourth-order valence-corrected chi connectivity index (χ4v) is 2.69. The first-order valence-corrected chi connectivity index (χ1v) is 8.19. The molecule has 0 unspecified atom stereocenters. The lowest BCUT2D eigenvalue weighted by atomic mass is 10.2. The van der Waals surface area contributed by atoms with E-state index in [-0.39, 0.29) is 5.82 Å². The van der Waals surface area contributed by atoms with Crippen molar-refractivity contribution in [2.24, 2.45) is 7.05 Å². The third-order valence-corrected chi connectivity index (χ3v) is 3.96. The standard InChI is InChI=1S/C17H16F2N8/c1-17(18,19)10-15-25-24-14-9-11(5-8-27(14)15)12-3-6-20-16(22-12)23-13-4-7-21-26(13)2/h3-9H,10H2,1-2H3,(H,20,22,23). The van der Waals surface area contributed by atoms with Crippen LogP contribution in [0.1, 0.15) is 12.7 Å². The van der Waals surface area contributed by atoms with Gasteiger partial charge in [0.1, 0.15) is 11.6 Å². The molecule has 4 aromatic heterocycles. The molecule has 0 fully saturated rings. The summed E-state index contributed by atoms with van der Waals surface area (Å²) < 4.78 is 29.8. The highest BCUT2D eigenvalue weighted by Crippen LogP contribution is 2.23. The van der Waals surface area contributed by atoms with Gasteiger partial charge < -0.3 is 5.32 Å². The number of anilines is 2. The van der Waals surface area contributed by atoms with E-state index in [1.807, 2.05) is 13.1 Å². The SMILES string of the molecule is Cn1nccc1Nc1nccc(-c2ccn3c(CC(C)(F)F)nnc3c2)n1. The summed E-state index contributed by atoms with van der Waals surface area (Å²) in [5.41, 5.74) is 1.93. The van der Waals surface area contributed by atoms with Crippen molar-refractivity contribution in [2.45, 2.75) is 19.3 Å². The fourth-order valence-electron chi connectivity index (χ4n) is 2.69. The average Bonchev–Trinajstić information content (AvgIpc) is 3.20.